The molecule has 3 heteroatoms. The molecule has 1 unspecified atom stereocenters. The highest BCUT2D eigenvalue weighted by molar-refractivity contribution is 9.10. The number of carbonyl (C=O) groups is 1. The number of hydrogen-bond acceptors (Lipinski definition) is 2. The Hall–Kier alpha value is -0.280. The van der Waals surface area contributed by atoms with E-state index in [9.17, 15) is 4.79 Å². The molecular weight excluding hydrogens is 284 g/mol. The molecule has 1 heterocycles. The second kappa shape index (κ2) is 4.92. The third-order valence-electron chi connectivity index (χ3n) is 3.09. The molecule has 0 N–H and O–H groups in total. The minimum Gasteiger partial charge on any atom is -0.298 e. The zero-order valence-corrected chi connectivity index (χ0v) is 11.7. The number of Topliss-reactive ketones (excluding diaryl/α,β-unsaturated/α-hetero) is 1. The molecule has 1 saturated heterocycles. The van der Waals surface area contributed by atoms with Crippen molar-refractivity contribution >= 4 is 33.5 Å². The largest absolute Gasteiger partial charge is 0.298 e. The van der Waals surface area contributed by atoms with E-state index < -0.39 is 0 Å². The van der Waals surface area contributed by atoms with Gasteiger partial charge in [0.25, 0.3) is 0 Å². The predicted molar refractivity (Wildman–Crippen MR) is 73.0 cm³/mol. The summed E-state index contributed by atoms with van der Waals surface area (Å²) in [5.41, 5.74) is 1.11. The fourth-order valence-corrected chi connectivity index (χ4v) is 3.50. The van der Waals surface area contributed by atoms with Crippen molar-refractivity contribution in [2.24, 2.45) is 0 Å². The normalized spacial score (nSPS) is 24.6. The van der Waals surface area contributed by atoms with Gasteiger partial charge in [-0.15, -0.1) is 11.8 Å². The number of rotatable bonds is 3. The fourth-order valence-electron chi connectivity index (χ4n) is 1.97. The lowest BCUT2D eigenvalue weighted by Gasteiger charge is -2.20. The van der Waals surface area contributed by atoms with E-state index in [4.69, 9.17) is 0 Å². The van der Waals surface area contributed by atoms with E-state index in [-0.39, 0.29) is 4.75 Å². The highest BCUT2D eigenvalue weighted by Crippen LogP contribution is 2.39. The molecule has 0 saturated carbocycles. The fraction of sp³-hybridized carbons (Fsp3) is 0.462. The van der Waals surface area contributed by atoms with Crippen LogP contribution in [0.25, 0.3) is 0 Å². The maximum Gasteiger partial charge on any atom is 0.152 e. The van der Waals surface area contributed by atoms with Crippen LogP contribution < -0.4 is 0 Å². The number of hydrogen-bond donors (Lipinski definition) is 0. The third kappa shape index (κ3) is 2.69. The van der Waals surface area contributed by atoms with Crippen LogP contribution in [0.4, 0.5) is 0 Å². The van der Waals surface area contributed by atoms with Gasteiger partial charge in [0.05, 0.1) is 4.75 Å². The molecule has 0 spiro atoms. The number of benzene rings is 1. The van der Waals surface area contributed by atoms with Gasteiger partial charge in [-0.2, -0.15) is 0 Å². The van der Waals surface area contributed by atoms with Gasteiger partial charge >= 0.3 is 0 Å². The summed E-state index contributed by atoms with van der Waals surface area (Å²) in [6, 6.07) is 8.02. The maximum atomic E-state index is 12.2. The number of thioether (sulfide) groups is 1. The first-order chi connectivity index (χ1) is 7.60. The lowest BCUT2D eigenvalue weighted by Crippen LogP contribution is -2.30. The molecule has 1 fully saturated rings. The van der Waals surface area contributed by atoms with Gasteiger partial charge in [0, 0.05) is 10.9 Å². The Bertz CT molecular complexity index is 379. The zero-order chi connectivity index (χ0) is 11.6. The summed E-state index contributed by atoms with van der Waals surface area (Å²) >= 11 is 5.22. The van der Waals surface area contributed by atoms with Crippen LogP contribution >= 0.6 is 27.7 Å². The van der Waals surface area contributed by atoms with Crippen molar-refractivity contribution in [2.75, 3.05) is 5.75 Å². The summed E-state index contributed by atoms with van der Waals surface area (Å²) in [6.07, 6.45) is 2.77. The lowest BCUT2D eigenvalue weighted by atomic mass is 9.95. The van der Waals surface area contributed by atoms with Gasteiger partial charge in [-0.3, -0.25) is 4.79 Å². The average molecular weight is 299 g/mol. The van der Waals surface area contributed by atoms with E-state index in [1.54, 1.807) is 0 Å². The van der Waals surface area contributed by atoms with Crippen LogP contribution in [0.1, 0.15) is 25.3 Å². The Morgan fingerprint density at radius 1 is 1.44 bits per heavy atom. The van der Waals surface area contributed by atoms with Crippen LogP contribution in [-0.2, 0) is 11.2 Å². The molecule has 16 heavy (non-hydrogen) atoms. The first-order valence-electron chi connectivity index (χ1n) is 5.52. The van der Waals surface area contributed by atoms with Crippen LogP contribution in [0.2, 0.25) is 0 Å². The van der Waals surface area contributed by atoms with Crippen LogP contribution in [0, 0.1) is 0 Å². The van der Waals surface area contributed by atoms with Gasteiger partial charge < -0.3 is 0 Å². The predicted octanol–water partition coefficient (Wildman–Crippen LogP) is 3.85. The van der Waals surface area contributed by atoms with Crippen LogP contribution in [0.5, 0.6) is 0 Å². The monoisotopic (exact) mass is 298 g/mol. The topological polar surface area (TPSA) is 17.1 Å². The molecule has 2 rings (SSSR count). The second-order valence-electron chi connectivity index (χ2n) is 4.41. The Kier molecular flexibility index (Phi) is 3.75. The van der Waals surface area contributed by atoms with Crippen LogP contribution in [-0.4, -0.2) is 16.3 Å². The van der Waals surface area contributed by atoms with Gasteiger partial charge in [-0.25, -0.2) is 0 Å². The molecule has 0 aromatic heterocycles. The number of halogens is 1. The first kappa shape index (κ1) is 12.2. The summed E-state index contributed by atoms with van der Waals surface area (Å²) in [5, 5.41) is 0. The Morgan fingerprint density at radius 2 is 2.12 bits per heavy atom. The van der Waals surface area contributed by atoms with E-state index in [1.165, 1.54) is 6.42 Å². The molecule has 1 aliphatic heterocycles. The van der Waals surface area contributed by atoms with Crippen LogP contribution in [0.15, 0.2) is 28.7 Å². The number of ketones is 1. The first-order valence-corrected chi connectivity index (χ1v) is 7.30. The number of carbonyl (C=O) groups excluding carboxylic acids is 1. The minimum atomic E-state index is -0.132. The van der Waals surface area contributed by atoms with Crippen molar-refractivity contribution in [3.63, 3.8) is 0 Å². The molecule has 0 amide bonds. The van der Waals surface area contributed by atoms with Crippen molar-refractivity contribution in [2.45, 2.75) is 30.9 Å². The summed E-state index contributed by atoms with van der Waals surface area (Å²) in [5.74, 6) is 1.50. The molecule has 0 bridgehead atoms. The molecule has 0 aliphatic carbocycles. The highest BCUT2D eigenvalue weighted by atomic mass is 79.9. The van der Waals surface area contributed by atoms with Gasteiger partial charge in [0.15, 0.2) is 5.78 Å². The Balaban J connectivity index is 2.04. The SMILES string of the molecule is CC1(C(=O)Cc2ccc(Br)cc2)CCCS1. The molecule has 1 nitrogen and oxygen atoms in total. The van der Waals surface area contributed by atoms with E-state index in [2.05, 4.69) is 22.9 Å². The highest BCUT2D eigenvalue weighted by Gasteiger charge is 2.36. The Labute approximate surface area is 109 Å². The average Bonchev–Trinajstić information content (AvgIpc) is 2.70. The van der Waals surface area contributed by atoms with E-state index in [0.717, 1.165) is 22.2 Å². The van der Waals surface area contributed by atoms with Gasteiger partial charge in [-0.1, -0.05) is 28.1 Å². The van der Waals surface area contributed by atoms with E-state index in [1.807, 2.05) is 36.0 Å². The minimum absolute atomic E-state index is 0.132. The van der Waals surface area contributed by atoms with E-state index >= 15 is 0 Å². The quantitative estimate of drug-likeness (QED) is 0.843. The molecule has 1 atom stereocenters. The smallest absolute Gasteiger partial charge is 0.152 e. The molecule has 1 aromatic rings. The standard InChI is InChI=1S/C13H15BrOS/c1-13(7-2-8-16-13)12(15)9-10-3-5-11(14)6-4-10/h3-6H,2,7-9H2,1H3. The summed E-state index contributed by atoms with van der Waals surface area (Å²) in [4.78, 5) is 12.2. The zero-order valence-electron chi connectivity index (χ0n) is 9.33. The molecule has 1 aliphatic rings. The van der Waals surface area contributed by atoms with Crippen molar-refractivity contribution in [3.05, 3.63) is 34.3 Å². The second-order valence-corrected chi connectivity index (χ2v) is 6.92. The summed E-state index contributed by atoms with van der Waals surface area (Å²) in [6.45, 7) is 2.09. The Morgan fingerprint density at radius 3 is 2.69 bits per heavy atom. The third-order valence-corrected chi connectivity index (χ3v) is 5.18. The van der Waals surface area contributed by atoms with Gasteiger partial charge in [0.2, 0.25) is 0 Å². The van der Waals surface area contributed by atoms with Crippen LogP contribution in [0.3, 0.4) is 0 Å². The molecular formula is C13H15BrOS. The molecule has 1 aromatic carbocycles. The van der Waals surface area contributed by atoms with Gasteiger partial charge in [0.1, 0.15) is 0 Å². The van der Waals surface area contributed by atoms with Crippen molar-refractivity contribution in [3.8, 4) is 0 Å². The van der Waals surface area contributed by atoms with Crippen molar-refractivity contribution < 1.29 is 4.79 Å². The van der Waals surface area contributed by atoms with Gasteiger partial charge in [-0.05, 0) is 43.2 Å². The van der Waals surface area contributed by atoms with E-state index in [0.29, 0.717) is 12.2 Å². The summed E-state index contributed by atoms with van der Waals surface area (Å²) in [7, 11) is 0. The lowest BCUT2D eigenvalue weighted by molar-refractivity contribution is -0.120. The summed E-state index contributed by atoms with van der Waals surface area (Å²) < 4.78 is 0.928. The molecule has 86 valence electrons. The van der Waals surface area contributed by atoms with Crippen molar-refractivity contribution in [1.29, 1.82) is 0 Å². The maximum absolute atomic E-state index is 12.2. The molecule has 0 radical (unpaired) electrons. The van der Waals surface area contributed by atoms with Crippen molar-refractivity contribution in [1.82, 2.24) is 0 Å².